The number of hydrogen-bond donors (Lipinski definition) is 0. The Bertz CT molecular complexity index is 635. The second-order valence-electron chi connectivity index (χ2n) is 6.01. The van der Waals surface area contributed by atoms with E-state index in [1.807, 2.05) is 12.1 Å². The van der Waals surface area contributed by atoms with E-state index in [0.717, 1.165) is 32.1 Å². The highest BCUT2D eigenvalue weighted by molar-refractivity contribution is 7.93. The molecule has 5 heteroatoms. The third-order valence-corrected chi connectivity index (χ3v) is 6.49. The van der Waals surface area contributed by atoms with Gasteiger partial charge in [0.1, 0.15) is 5.75 Å². The van der Waals surface area contributed by atoms with Crippen molar-refractivity contribution in [1.82, 2.24) is 4.90 Å². The second-order valence-corrected chi connectivity index (χ2v) is 8.29. The van der Waals surface area contributed by atoms with E-state index in [9.17, 15) is 13.2 Å². The van der Waals surface area contributed by atoms with E-state index < -0.39 is 9.84 Å². The van der Waals surface area contributed by atoms with E-state index in [2.05, 4.69) is 12.1 Å². The number of aryl methyl sites for hydroxylation is 1. The maximum absolute atomic E-state index is 12.3. The molecule has 1 aliphatic carbocycles. The highest BCUT2D eigenvalue weighted by atomic mass is 32.2. The number of carbonyl (C=O) groups excluding carboxylic acids is 1. The Morgan fingerprint density at radius 3 is 2.43 bits per heavy atom. The average molecular weight is 307 g/mol. The molecule has 3 rings (SSSR count). The summed E-state index contributed by atoms with van der Waals surface area (Å²) in [4.78, 5) is 14.0. The van der Waals surface area contributed by atoms with Gasteiger partial charge in [0, 0.05) is 13.1 Å². The SMILES string of the molecule is O=C(CS(=O)(=O)C1CC1)N1CCCc2ccccc2CC1. The zero-order chi connectivity index (χ0) is 14.9. The van der Waals surface area contributed by atoms with Crippen molar-refractivity contribution in [3.05, 3.63) is 35.4 Å². The van der Waals surface area contributed by atoms with Gasteiger partial charge in [-0.1, -0.05) is 24.3 Å². The van der Waals surface area contributed by atoms with E-state index in [1.165, 1.54) is 11.1 Å². The van der Waals surface area contributed by atoms with Crippen molar-refractivity contribution in [1.29, 1.82) is 0 Å². The maximum Gasteiger partial charge on any atom is 0.237 e. The van der Waals surface area contributed by atoms with Gasteiger partial charge in [0.15, 0.2) is 9.84 Å². The van der Waals surface area contributed by atoms with Crippen LogP contribution in [0.3, 0.4) is 0 Å². The Labute approximate surface area is 126 Å². The molecule has 2 aliphatic rings. The molecule has 0 atom stereocenters. The molecule has 21 heavy (non-hydrogen) atoms. The minimum atomic E-state index is -3.21. The lowest BCUT2D eigenvalue weighted by molar-refractivity contribution is -0.128. The maximum atomic E-state index is 12.3. The Kier molecular flexibility index (Phi) is 4.02. The number of nitrogens with zero attached hydrogens (tertiary/aromatic N) is 1. The van der Waals surface area contributed by atoms with Crippen molar-refractivity contribution in [3.8, 4) is 0 Å². The Balaban J connectivity index is 1.65. The summed E-state index contributed by atoms with van der Waals surface area (Å²) in [7, 11) is -3.21. The summed E-state index contributed by atoms with van der Waals surface area (Å²) in [5.74, 6) is -0.527. The normalized spacial score (nSPS) is 19.5. The molecule has 0 unspecified atom stereocenters. The van der Waals surface area contributed by atoms with Gasteiger partial charge in [-0.3, -0.25) is 4.79 Å². The molecule has 0 aromatic heterocycles. The second kappa shape index (κ2) is 5.79. The van der Waals surface area contributed by atoms with Crippen LogP contribution in [-0.4, -0.2) is 43.3 Å². The van der Waals surface area contributed by atoms with Gasteiger partial charge in [-0.25, -0.2) is 8.42 Å². The predicted molar refractivity (Wildman–Crippen MR) is 81.9 cm³/mol. The molecule has 0 N–H and O–H groups in total. The highest BCUT2D eigenvalue weighted by Crippen LogP contribution is 2.29. The molecule has 1 saturated carbocycles. The largest absolute Gasteiger partial charge is 0.341 e. The zero-order valence-electron chi connectivity index (χ0n) is 12.1. The monoisotopic (exact) mass is 307 g/mol. The molecule has 1 aliphatic heterocycles. The Morgan fingerprint density at radius 2 is 1.76 bits per heavy atom. The number of fused-ring (bicyclic) bond motifs is 1. The van der Waals surface area contributed by atoms with Gasteiger partial charge in [-0.05, 0) is 43.2 Å². The van der Waals surface area contributed by atoms with Crippen molar-refractivity contribution in [3.63, 3.8) is 0 Å². The van der Waals surface area contributed by atoms with E-state index in [1.54, 1.807) is 4.90 Å². The van der Waals surface area contributed by atoms with Crippen LogP contribution in [0.25, 0.3) is 0 Å². The highest BCUT2D eigenvalue weighted by Gasteiger charge is 2.37. The smallest absolute Gasteiger partial charge is 0.237 e. The van der Waals surface area contributed by atoms with Crippen LogP contribution < -0.4 is 0 Å². The van der Waals surface area contributed by atoms with E-state index in [4.69, 9.17) is 0 Å². The summed E-state index contributed by atoms with van der Waals surface area (Å²) >= 11 is 0. The summed E-state index contributed by atoms with van der Waals surface area (Å²) in [5.41, 5.74) is 2.63. The van der Waals surface area contributed by atoms with Gasteiger partial charge in [0.25, 0.3) is 0 Å². The fourth-order valence-electron chi connectivity index (χ4n) is 2.93. The van der Waals surface area contributed by atoms with Crippen molar-refractivity contribution in [2.45, 2.75) is 37.4 Å². The minimum Gasteiger partial charge on any atom is -0.341 e. The third-order valence-electron chi connectivity index (χ3n) is 4.35. The lowest BCUT2D eigenvalue weighted by atomic mass is 9.98. The van der Waals surface area contributed by atoms with Gasteiger partial charge >= 0.3 is 0 Å². The molecule has 1 aromatic carbocycles. The standard InChI is InChI=1S/C16H21NO3S/c18-16(12-21(19,20)15-7-8-15)17-10-3-6-13-4-1-2-5-14(13)9-11-17/h1-2,4-5,15H,3,6-12H2. The molecule has 1 fully saturated rings. The average Bonchev–Trinajstić information content (AvgIpc) is 3.23. The molecule has 1 heterocycles. The first-order valence-corrected chi connectivity index (χ1v) is 9.34. The van der Waals surface area contributed by atoms with Crippen molar-refractivity contribution in [2.75, 3.05) is 18.8 Å². The van der Waals surface area contributed by atoms with Crippen LogP contribution in [-0.2, 0) is 27.5 Å². The lowest BCUT2D eigenvalue weighted by Crippen LogP contribution is -2.39. The molecular weight excluding hydrogens is 286 g/mol. The predicted octanol–water partition coefficient (Wildman–Crippen LogP) is 1.58. The number of benzene rings is 1. The Hall–Kier alpha value is -1.36. The van der Waals surface area contributed by atoms with Crippen molar-refractivity contribution >= 4 is 15.7 Å². The molecule has 0 saturated heterocycles. The quantitative estimate of drug-likeness (QED) is 0.852. The number of carbonyl (C=O) groups is 1. The molecule has 1 aromatic rings. The summed E-state index contributed by atoms with van der Waals surface area (Å²) < 4.78 is 23.9. The van der Waals surface area contributed by atoms with Gasteiger partial charge in [0.2, 0.25) is 5.91 Å². The zero-order valence-corrected chi connectivity index (χ0v) is 12.9. The van der Waals surface area contributed by atoms with Crippen LogP contribution in [0, 0.1) is 0 Å². The van der Waals surface area contributed by atoms with Crippen LogP contribution in [0.2, 0.25) is 0 Å². The summed E-state index contributed by atoms with van der Waals surface area (Å²) in [6, 6.07) is 8.31. The molecular formula is C16H21NO3S. The van der Waals surface area contributed by atoms with Crippen LogP contribution in [0.5, 0.6) is 0 Å². The first kappa shape index (κ1) is 14.6. The number of amides is 1. The van der Waals surface area contributed by atoms with Crippen molar-refractivity contribution < 1.29 is 13.2 Å². The molecule has 4 nitrogen and oxygen atoms in total. The topological polar surface area (TPSA) is 54.5 Å². The fraction of sp³-hybridized carbons (Fsp3) is 0.562. The van der Waals surface area contributed by atoms with Crippen LogP contribution >= 0.6 is 0 Å². The molecule has 1 amide bonds. The van der Waals surface area contributed by atoms with E-state index in [0.29, 0.717) is 13.1 Å². The lowest BCUT2D eigenvalue weighted by Gasteiger charge is -2.26. The van der Waals surface area contributed by atoms with Gasteiger partial charge < -0.3 is 4.90 Å². The molecule has 0 radical (unpaired) electrons. The van der Waals surface area contributed by atoms with Crippen LogP contribution in [0.15, 0.2) is 24.3 Å². The van der Waals surface area contributed by atoms with Crippen molar-refractivity contribution in [2.24, 2.45) is 0 Å². The third kappa shape index (κ3) is 3.46. The first-order chi connectivity index (χ1) is 10.1. The number of sulfone groups is 1. The molecule has 0 spiro atoms. The van der Waals surface area contributed by atoms with Crippen LogP contribution in [0.4, 0.5) is 0 Å². The molecule has 0 bridgehead atoms. The first-order valence-electron chi connectivity index (χ1n) is 7.62. The fourth-order valence-corrected chi connectivity index (χ4v) is 4.55. The molecule has 114 valence electrons. The Morgan fingerprint density at radius 1 is 1.10 bits per heavy atom. The summed E-state index contributed by atoms with van der Waals surface area (Å²) in [5, 5.41) is -0.253. The van der Waals surface area contributed by atoms with E-state index >= 15 is 0 Å². The minimum absolute atomic E-state index is 0.221. The van der Waals surface area contributed by atoms with E-state index in [-0.39, 0.29) is 16.9 Å². The van der Waals surface area contributed by atoms with Gasteiger partial charge in [-0.2, -0.15) is 0 Å². The number of hydrogen-bond acceptors (Lipinski definition) is 3. The van der Waals surface area contributed by atoms with Crippen LogP contribution in [0.1, 0.15) is 30.4 Å². The number of rotatable bonds is 3. The van der Waals surface area contributed by atoms with Gasteiger partial charge in [0.05, 0.1) is 5.25 Å². The van der Waals surface area contributed by atoms with Gasteiger partial charge in [-0.15, -0.1) is 0 Å². The summed E-state index contributed by atoms with van der Waals surface area (Å²) in [6.45, 7) is 1.28. The summed E-state index contributed by atoms with van der Waals surface area (Å²) in [6.07, 6.45) is 4.11.